The van der Waals surface area contributed by atoms with Crippen LogP contribution in [0.15, 0.2) is 48.5 Å². The molecule has 0 aliphatic carbocycles. The third kappa shape index (κ3) is 6.32. The molecule has 0 unspecified atom stereocenters. The van der Waals surface area contributed by atoms with Gasteiger partial charge in [0.05, 0.1) is 17.9 Å². The van der Waals surface area contributed by atoms with Crippen LogP contribution in [-0.4, -0.2) is 58.2 Å². The quantitative estimate of drug-likeness (QED) is 0.353. The van der Waals surface area contributed by atoms with Crippen LogP contribution in [0, 0.1) is 10.8 Å². The number of aromatic nitrogens is 3. The third-order valence-electron chi connectivity index (χ3n) is 7.25. The van der Waals surface area contributed by atoms with Gasteiger partial charge in [-0.05, 0) is 36.1 Å². The van der Waals surface area contributed by atoms with E-state index >= 15 is 0 Å². The summed E-state index contributed by atoms with van der Waals surface area (Å²) in [6, 6.07) is 15.7. The Balaban J connectivity index is 1.52. The van der Waals surface area contributed by atoms with Crippen molar-refractivity contribution < 1.29 is 14.4 Å². The van der Waals surface area contributed by atoms with E-state index in [2.05, 4.69) is 29.5 Å². The Hall–Kier alpha value is -3.40. The number of fused-ring (bicyclic) bond motifs is 5. The van der Waals surface area contributed by atoms with E-state index in [4.69, 9.17) is 0 Å². The van der Waals surface area contributed by atoms with Gasteiger partial charge >= 0.3 is 7.28 Å². The van der Waals surface area contributed by atoms with E-state index in [1.165, 1.54) is 11.8 Å². The van der Waals surface area contributed by atoms with E-state index in [0.717, 1.165) is 33.8 Å². The zero-order valence-corrected chi connectivity index (χ0v) is 25.1. The molecule has 2 heterocycles. The first-order chi connectivity index (χ1) is 19.0. The summed E-state index contributed by atoms with van der Waals surface area (Å²) in [6.45, 7) is 11.1. The molecule has 1 aliphatic heterocycles. The first kappa shape index (κ1) is 29.6. The number of rotatable bonds is 10. The number of hydrogen-bond acceptors (Lipinski definition) is 6. The highest BCUT2D eigenvalue weighted by Gasteiger charge is 2.34. The second kappa shape index (κ2) is 12.0. The maximum Gasteiger partial charge on any atom is 0.315 e. The molecule has 2 aromatic carbocycles. The predicted octanol–water partition coefficient (Wildman–Crippen LogP) is 4.96. The topological polar surface area (TPSA) is 97.2 Å². The van der Waals surface area contributed by atoms with Crippen molar-refractivity contribution in [2.75, 3.05) is 23.5 Å². The van der Waals surface area contributed by atoms with Crippen LogP contribution in [0.5, 0.6) is 0 Å². The molecule has 3 aromatic rings. The van der Waals surface area contributed by atoms with E-state index in [1.54, 1.807) is 11.9 Å². The molecule has 0 fully saturated rings. The number of nitrogens with zero attached hydrogens (tertiary/aromatic N) is 4. The second-order valence-corrected chi connectivity index (χ2v) is 12.8. The molecule has 0 radical (unpaired) electrons. The summed E-state index contributed by atoms with van der Waals surface area (Å²) in [4.78, 5) is 40.7. The highest BCUT2D eigenvalue weighted by atomic mass is 32.2. The maximum absolute atomic E-state index is 13.7. The normalized spacial score (nSPS) is 12.9. The standard InChI is InChI=1S/C30H38BN5O3S/c1-7-36-26-22-14-10-11-15-23(22)35(16-20-12-8-9-13-21(20)25(26)33-34-36)28(39)31-24(37)17-40-19-29(2,3)18-30(4,5)27(38)32-6/h8-15,31H,7,16-19H2,1-6H3,(H,32,38). The predicted molar refractivity (Wildman–Crippen MR) is 164 cm³/mol. The van der Waals surface area contributed by atoms with Crippen LogP contribution < -0.4 is 10.2 Å². The molecule has 40 heavy (non-hydrogen) atoms. The molecule has 1 N–H and O–H groups in total. The van der Waals surface area contributed by atoms with Crippen LogP contribution in [-0.2, 0) is 22.7 Å². The van der Waals surface area contributed by atoms with Gasteiger partial charge in [-0.25, -0.2) is 4.68 Å². The minimum atomic E-state index is -0.503. The van der Waals surface area contributed by atoms with Crippen molar-refractivity contribution in [1.82, 2.24) is 20.3 Å². The summed E-state index contributed by atoms with van der Waals surface area (Å²) in [5.41, 5.74) is 4.42. The van der Waals surface area contributed by atoms with Crippen molar-refractivity contribution in [3.63, 3.8) is 0 Å². The van der Waals surface area contributed by atoms with Crippen LogP contribution >= 0.6 is 11.8 Å². The van der Waals surface area contributed by atoms with E-state index in [-0.39, 0.29) is 35.8 Å². The molecule has 1 aromatic heterocycles. The second-order valence-electron chi connectivity index (χ2n) is 11.8. The minimum absolute atomic E-state index is 0.00671. The Bertz CT molecular complexity index is 1420. The van der Waals surface area contributed by atoms with E-state index in [9.17, 15) is 14.4 Å². The minimum Gasteiger partial charge on any atom is -0.359 e. The fraction of sp³-hybridized carbons (Fsp3) is 0.433. The van der Waals surface area contributed by atoms with Gasteiger partial charge < -0.3 is 15.0 Å². The van der Waals surface area contributed by atoms with Gasteiger partial charge in [0.1, 0.15) is 11.4 Å². The van der Waals surface area contributed by atoms with Crippen LogP contribution in [0.2, 0.25) is 0 Å². The van der Waals surface area contributed by atoms with E-state index in [1.807, 2.05) is 74.0 Å². The molecule has 4 rings (SSSR count). The molecule has 8 nitrogen and oxygen atoms in total. The van der Waals surface area contributed by atoms with Crippen LogP contribution in [0.25, 0.3) is 22.5 Å². The molecule has 2 amide bonds. The van der Waals surface area contributed by atoms with Gasteiger partial charge in [-0.2, -0.15) is 11.8 Å². The summed E-state index contributed by atoms with van der Waals surface area (Å²) < 4.78 is 1.86. The highest BCUT2D eigenvalue weighted by molar-refractivity contribution is 8.00. The molecule has 0 saturated carbocycles. The van der Waals surface area contributed by atoms with Crippen molar-refractivity contribution >= 4 is 42.1 Å². The van der Waals surface area contributed by atoms with Gasteiger partial charge in [-0.1, -0.05) is 75.4 Å². The third-order valence-corrected chi connectivity index (χ3v) is 8.76. The lowest BCUT2D eigenvalue weighted by Crippen LogP contribution is -2.39. The lowest BCUT2D eigenvalue weighted by atomic mass is 9.72. The number of hydrogen-bond donors (Lipinski definition) is 1. The molecular formula is C30H38BN5O3S. The van der Waals surface area contributed by atoms with Gasteiger partial charge in [-0.15, -0.1) is 5.10 Å². The smallest absolute Gasteiger partial charge is 0.315 e. The van der Waals surface area contributed by atoms with Crippen LogP contribution in [0.1, 0.15) is 46.6 Å². The van der Waals surface area contributed by atoms with Crippen LogP contribution in [0.4, 0.5) is 10.5 Å². The number of carbonyl (C=O) groups excluding carboxylic acids is 3. The first-order valence-electron chi connectivity index (χ1n) is 13.7. The maximum atomic E-state index is 13.7. The molecule has 0 saturated heterocycles. The number of nitrogens with one attached hydrogen (secondary N) is 1. The summed E-state index contributed by atoms with van der Waals surface area (Å²) >= 11 is 1.52. The number of carbonyl (C=O) groups is 3. The molecule has 0 spiro atoms. The average Bonchev–Trinajstić information content (AvgIpc) is 3.33. The van der Waals surface area contributed by atoms with Gasteiger partial charge in [0, 0.05) is 35.9 Å². The molecule has 0 atom stereocenters. The highest BCUT2D eigenvalue weighted by Crippen LogP contribution is 2.41. The van der Waals surface area contributed by atoms with Crippen molar-refractivity contribution in [2.24, 2.45) is 10.8 Å². The Kier molecular flexibility index (Phi) is 8.88. The van der Waals surface area contributed by atoms with Crippen LogP contribution in [0.3, 0.4) is 0 Å². The van der Waals surface area contributed by atoms with Gasteiger partial charge in [0.25, 0.3) is 0 Å². The Morgan fingerprint density at radius 2 is 1.70 bits per heavy atom. The fourth-order valence-corrected chi connectivity index (χ4v) is 6.77. The van der Waals surface area contributed by atoms with Gasteiger partial charge in [-0.3, -0.25) is 9.59 Å². The van der Waals surface area contributed by atoms with Gasteiger partial charge in [0.2, 0.25) is 5.91 Å². The molecule has 1 aliphatic rings. The Morgan fingerprint density at radius 1 is 1.02 bits per heavy atom. The lowest BCUT2D eigenvalue weighted by molar-refractivity contribution is -0.130. The van der Waals surface area contributed by atoms with E-state index in [0.29, 0.717) is 25.3 Å². The summed E-state index contributed by atoms with van der Waals surface area (Å²) in [6.07, 6.45) is 0.689. The Morgan fingerprint density at radius 3 is 2.40 bits per heavy atom. The average molecular weight is 560 g/mol. The summed E-state index contributed by atoms with van der Waals surface area (Å²) in [5, 5.41) is 11.6. The SMILES string of the molecule is CCn1nnc2c1-c1ccccc1N(C(=O)BC(=O)CSCC(C)(C)CC(C)(C)C(=O)NC)Cc1ccccc1-2. The number of aryl methyl sites for hydroxylation is 1. The number of para-hydroxylation sites is 1. The van der Waals surface area contributed by atoms with Crippen molar-refractivity contribution in [2.45, 2.75) is 54.1 Å². The molecule has 0 bridgehead atoms. The van der Waals surface area contributed by atoms with Gasteiger partial charge in [0.15, 0.2) is 5.81 Å². The van der Waals surface area contributed by atoms with Crippen molar-refractivity contribution in [3.05, 3.63) is 54.1 Å². The largest absolute Gasteiger partial charge is 0.359 e. The number of anilines is 1. The fourth-order valence-electron chi connectivity index (χ4n) is 5.68. The summed E-state index contributed by atoms with van der Waals surface area (Å²) in [7, 11) is 1.48. The number of thioether (sulfide) groups is 1. The number of benzene rings is 2. The summed E-state index contributed by atoms with van der Waals surface area (Å²) in [5.74, 6) is 0.738. The number of amides is 2. The molecular weight excluding hydrogens is 521 g/mol. The lowest BCUT2D eigenvalue weighted by Gasteiger charge is -2.33. The molecule has 210 valence electrons. The first-order valence-corrected chi connectivity index (χ1v) is 14.9. The van der Waals surface area contributed by atoms with E-state index < -0.39 is 5.41 Å². The zero-order valence-electron chi connectivity index (χ0n) is 24.3. The van der Waals surface area contributed by atoms with Crippen molar-refractivity contribution in [3.8, 4) is 22.5 Å². The zero-order chi connectivity index (χ0) is 29.1. The Labute approximate surface area is 241 Å². The van der Waals surface area contributed by atoms with Crippen molar-refractivity contribution in [1.29, 1.82) is 0 Å². The molecule has 10 heteroatoms. The monoisotopic (exact) mass is 559 g/mol.